The molecule has 108 valence electrons. The highest BCUT2D eigenvalue weighted by Gasteiger charge is 2.47. The highest BCUT2D eigenvalue weighted by atomic mass is 16.6. The summed E-state index contributed by atoms with van der Waals surface area (Å²) in [5, 5.41) is 2.53. The van der Waals surface area contributed by atoms with Crippen molar-refractivity contribution < 1.29 is 23.9 Å². The molecule has 1 saturated heterocycles. The van der Waals surface area contributed by atoms with Crippen molar-refractivity contribution in [3.8, 4) is 0 Å². The first-order valence-corrected chi connectivity index (χ1v) is 6.01. The van der Waals surface area contributed by atoms with E-state index in [2.05, 4.69) is 5.32 Å². The van der Waals surface area contributed by atoms with Gasteiger partial charge >= 0.3 is 12.1 Å². The fourth-order valence-corrected chi connectivity index (χ4v) is 1.94. The molecule has 1 unspecified atom stereocenters. The maximum absolute atomic E-state index is 11.9. The van der Waals surface area contributed by atoms with E-state index in [0.717, 1.165) is 0 Å². The third-order valence-corrected chi connectivity index (χ3v) is 2.76. The Kier molecular flexibility index (Phi) is 4.39. The molecule has 1 atom stereocenters. The Hall–Kier alpha value is -1.79. The van der Waals surface area contributed by atoms with Crippen LogP contribution in [-0.4, -0.2) is 54.7 Å². The fourth-order valence-electron chi connectivity index (χ4n) is 1.94. The van der Waals surface area contributed by atoms with Crippen molar-refractivity contribution in [3.63, 3.8) is 0 Å². The third kappa shape index (κ3) is 3.84. The number of nitrogens with zero attached hydrogens (tertiary/aromatic N) is 1. The minimum Gasteiger partial charge on any atom is -0.467 e. The van der Waals surface area contributed by atoms with E-state index in [1.807, 2.05) is 0 Å². The number of esters is 1. The van der Waals surface area contributed by atoms with Crippen LogP contribution in [0.4, 0.5) is 4.79 Å². The number of ether oxygens (including phenoxy) is 2. The molecular weight excluding hydrogens is 252 g/mol. The van der Waals surface area contributed by atoms with Gasteiger partial charge in [-0.25, -0.2) is 9.59 Å². The Bertz CT molecular complexity index is 377. The summed E-state index contributed by atoms with van der Waals surface area (Å²) in [6, 6.07) is 0. The predicted octanol–water partition coefficient (Wildman–Crippen LogP) is 0.285. The molecular formula is C12H20N2O5. The lowest BCUT2D eigenvalue weighted by Crippen LogP contribution is -2.57. The van der Waals surface area contributed by atoms with E-state index in [0.29, 0.717) is 19.4 Å². The Morgan fingerprint density at radius 1 is 1.37 bits per heavy atom. The van der Waals surface area contributed by atoms with Crippen molar-refractivity contribution >= 4 is 18.5 Å². The number of hydrogen-bond acceptors (Lipinski definition) is 5. The fraction of sp³-hybridized carbons (Fsp3) is 0.750. The van der Waals surface area contributed by atoms with Crippen LogP contribution in [0.2, 0.25) is 0 Å². The molecule has 0 aromatic carbocycles. The molecule has 19 heavy (non-hydrogen) atoms. The van der Waals surface area contributed by atoms with Gasteiger partial charge in [0.2, 0.25) is 6.41 Å². The van der Waals surface area contributed by atoms with Gasteiger partial charge in [0.05, 0.1) is 13.7 Å². The normalized spacial score (nSPS) is 22.8. The average molecular weight is 272 g/mol. The number of hydrogen-bond donors (Lipinski definition) is 1. The van der Waals surface area contributed by atoms with Gasteiger partial charge in [0.25, 0.3) is 0 Å². The zero-order valence-corrected chi connectivity index (χ0v) is 11.7. The van der Waals surface area contributed by atoms with Crippen LogP contribution in [0.1, 0.15) is 27.2 Å². The smallest absolute Gasteiger partial charge is 0.408 e. The van der Waals surface area contributed by atoms with Crippen molar-refractivity contribution in [2.45, 2.75) is 38.3 Å². The summed E-state index contributed by atoms with van der Waals surface area (Å²) in [6.07, 6.45) is 0.240. The Balaban J connectivity index is 2.80. The van der Waals surface area contributed by atoms with Crippen LogP contribution in [-0.2, 0) is 19.1 Å². The van der Waals surface area contributed by atoms with Gasteiger partial charge in [0, 0.05) is 13.0 Å². The van der Waals surface area contributed by atoms with Crippen molar-refractivity contribution in [2.24, 2.45) is 0 Å². The molecule has 0 aromatic heterocycles. The first kappa shape index (κ1) is 15.3. The van der Waals surface area contributed by atoms with E-state index in [1.54, 1.807) is 20.8 Å². The lowest BCUT2D eigenvalue weighted by atomic mass is 9.99. The molecule has 1 N–H and O–H groups in total. The first-order chi connectivity index (χ1) is 8.72. The van der Waals surface area contributed by atoms with Gasteiger partial charge in [-0.15, -0.1) is 0 Å². The van der Waals surface area contributed by atoms with Crippen molar-refractivity contribution in [2.75, 3.05) is 20.2 Å². The number of rotatable bonds is 3. The number of nitrogens with one attached hydrogen (secondary N) is 1. The van der Waals surface area contributed by atoms with Gasteiger partial charge in [0.1, 0.15) is 5.60 Å². The molecule has 7 nitrogen and oxygen atoms in total. The number of carbonyl (C=O) groups is 3. The molecule has 1 aliphatic heterocycles. The molecule has 0 radical (unpaired) electrons. The summed E-state index contributed by atoms with van der Waals surface area (Å²) in [5.41, 5.74) is -1.89. The minimum absolute atomic E-state index is 0.0857. The van der Waals surface area contributed by atoms with Gasteiger partial charge in [-0.05, 0) is 20.8 Å². The quantitative estimate of drug-likeness (QED) is 0.589. The van der Waals surface area contributed by atoms with E-state index >= 15 is 0 Å². The van der Waals surface area contributed by atoms with Gasteiger partial charge < -0.3 is 19.7 Å². The van der Waals surface area contributed by atoms with E-state index in [-0.39, 0.29) is 6.54 Å². The van der Waals surface area contributed by atoms with Gasteiger partial charge in [-0.1, -0.05) is 0 Å². The number of alkyl carbamates (subject to hydrolysis) is 1. The second-order valence-electron chi connectivity index (χ2n) is 5.53. The largest absolute Gasteiger partial charge is 0.467 e. The molecule has 0 saturated carbocycles. The zero-order valence-electron chi connectivity index (χ0n) is 11.7. The maximum Gasteiger partial charge on any atom is 0.408 e. The topological polar surface area (TPSA) is 84.9 Å². The van der Waals surface area contributed by atoms with E-state index in [4.69, 9.17) is 9.47 Å². The monoisotopic (exact) mass is 272 g/mol. The van der Waals surface area contributed by atoms with E-state index in [9.17, 15) is 14.4 Å². The summed E-state index contributed by atoms with van der Waals surface area (Å²) in [7, 11) is 1.24. The van der Waals surface area contributed by atoms with Crippen LogP contribution in [0.5, 0.6) is 0 Å². The lowest BCUT2D eigenvalue weighted by Gasteiger charge is -2.28. The summed E-state index contributed by atoms with van der Waals surface area (Å²) in [5.74, 6) is -0.581. The molecule has 1 fully saturated rings. The second-order valence-corrected chi connectivity index (χ2v) is 5.53. The van der Waals surface area contributed by atoms with Crippen LogP contribution in [0.3, 0.4) is 0 Å². The summed E-state index contributed by atoms with van der Waals surface area (Å²) in [4.78, 5) is 35.8. The number of methoxy groups -OCH3 is 1. The average Bonchev–Trinajstić information content (AvgIpc) is 2.70. The van der Waals surface area contributed by atoms with Crippen molar-refractivity contribution in [1.29, 1.82) is 0 Å². The molecule has 0 bridgehead atoms. The van der Waals surface area contributed by atoms with Gasteiger partial charge in [-0.3, -0.25) is 4.79 Å². The Morgan fingerprint density at radius 2 is 2.00 bits per heavy atom. The predicted molar refractivity (Wildman–Crippen MR) is 66.4 cm³/mol. The molecule has 1 rings (SSSR count). The standard InChI is InChI=1S/C12H20N2O5/c1-11(2,3)19-10(17)13-12(9(16)18-4)5-6-14(7-12)8-15/h8H,5-7H2,1-4H3,(H,13,17). The second kappa shape index (κ2) is 5.46. The van der Waals surface area contributed by atoms with Crippen molar-refractivity contribution in [3.05, 3.63) is 0 Å². The SMILES string of the molecule is COC(=O)C1(NC(=O)OC(C)(C)C)CCN(C=O)C1. The van der Waals surface area contributed by atoms with E-state index < -0.39 is 23.2 Å². The Morgan fingerprint density at radius 3 is 2.42 bits per heavy atom. The molecule has 0 aromatic rings. The van der Waals surface area contributed by atoms with Crippen LogP contribution >= 0.6 is 0 Å². The molecule has 0 spiro atoms. The third-order valence-electron chi connectivity index (χ3n) is 2.76. The van der Waals surface area contributed by atoms with Gasteiger partial charge in [-0.2, -0.15) is 0 Å². The Labute approximate surface area is 112 Å². The number of amides is 2. The summed E-state index contributed by atoms with van der Waals surface area (Å²) < 4.78 is 9.83. The van der Waals surface area contributed by atoms with Crippen molar-refractivity contribution in [1.82, 2.24) is 10.2 Å². The highest BCUT2D eigenvalue weighted by molar-refractivity contribution is 5.87. The minimum atomic E-state index is -1.22. The van der Waals surface area contributed by atoms with Crippen LogP contribution < -0.4 is 5.32 Å². The van der Waals surface area contributed by atoms with Crippen LogP contribution in [0, 0.1) is 0 Å². The molecule has 1 heterocycles. The zero-order chi connectivity index (χ0) is 14.7. The summed E-state index contributed by atoms with van der Waals surface area (Å²) >= 11 is 0. The number of likely N-dealkylation sites (tertiary alicyclic amines) is 1. The van der Waals surface area contributed by atoms with Gasteiger partial charge in [0.15, 0.2) is 5.54 Å². The van der Waals surface area contributed by atoms with Crippen LogP contribution in [0.15, 0.2) is 0 Å². The molecule has 7 heteroatoms. The maximum atomic E-state index is 11.9. The van der Waals surface area contributed by atoms with Crippen LogP contribution in [0.25, 0.3) is 0 Å². The molecule has 2 amide bonds. The summed E-state index contributed by atoms with van der Waals surface area (Å²) in [6.45, 7) is 5.65. The highest BCUT2D eigenvalue weighted by Crippen LogP contribution is 2.22. The molecule has 0 aliphatic carbocycles. The lowest BCUT2D eigenvalue weighted by molar-refractivity contribution is -0.148. The number of carbonyl (C=O) groups excluding carboxylic acids is 3. The molecule has 1 aliphatic rings. The van der Waals surface area contributed by atoms with E-state index in [1.165, 1.54) is 12.0 Å². The first-order valence-electron chi connectivity index (χ1n) is 6.01.